The molecule has 378 valence electrons. The molecule has 0 spiro atoms. The van der Waals surface area contributed by atoms with E-state index in [-0.39, 0.29) is 0 Å². The fourth-order valence-corrected chi connectivity index (χ4v) is 19.8. The first-order valence-corrected chi connectivity index (χ1v) is 36.2. The van der Waals surface area contributed by atoms with Gasteiger partial charge in [0.15, 0.2) is 0 Å². The predicted molar refractivity (Wildman–Crippen MR) is 353 cm³/mol. The summed E-state index contributed by atoms with van der Waals surface area (Å²) in [6.45, 7) is 26.3. The molecule has 6 nitrogen and oxygen atoms in total. The molecule has 0 saturated carbocycles. The smallest absolute Gasteiger partial charge is 0.104 e. The van der Waals surface area contributed by atoms with E-state index in [0.717, 1.165) is 99.0 Å². The van der Waals surface area contributed by atoms with Crippen LogP contribution in [0.1, 0.15) is 116 Å². The lowest BCUT2D eigenvalue weighted by molar-refractivity contribution is 0.948. The van der Waals surface area contributed by atoms with Crippen molar-refractivity contribution in [1.82, 2.24) is 22.3 Å². The zero-order valence-electron chi connectivity index (χ0n) is 40.8. The van der Waals surface area contributed by atoms with Gasteiger partial charge in [-0.05, 0) is 177 Å². The van der Waals surface area contributed by atoms with Gasteiger partial charge in [0.2, 0.25) is 0 Å². The summed E-state index contributed by atoms with van der Waals surface area (Å²) >= 11 is 60.5. The number of thiocarbonyl (C=S) groups is 6. The average Bonchev–Trinajstić information content (AvgIpc) is 3.28. The van der Waals surface area contributed by atoms with Gasteiger partial charge in [0.05, 0.1) is 0 Å². The van der Waals surface area contributed by atoms with Crippen molar-refractivity contribution in [3.8, 4) is 0 Å². The van der Waals surface area contributed by atoms with E-state index in [0.29, 0.717) is 38.5 Å². The van der Waals surface area contributed by atoms with E-state index in [2.05, 4.69) is 105 Å². The molecule has 0 unspecified atom stereocenters. The maximum Gasteiger partial charge on any atom is 0.104 e. The maximum absolute atomic E-state index is 6.55. The number of nitrogens with zero attached hydrogens (tertiary/aromatic N) is 6. The van der Waals surface area contributed by atoms with Crippen molar-refractivity contribution in [2.75, 3.05) is 69.0 Å². The van der Waals surface area contributed by atoms with E-state index in [9.17, 15) is 0 Å². The SMILES string of the molecule is CCSN(SCC)C(=S)Cc1c(CC(=S)N(SCC)SCC)c(CC(=S)N(SCC)SCC)c(CC(=S)N(SCC)SCC)c(CC(=S)N(SCC)SCC)c1CC(=S)N(SCC)SCC. The Morgan fingerprint density at radius 3 is 0.394 bits per heavy atom. The Morgan fingerprint density at radius 2 is 0.318 bits per heavy atom. The number of rotatable bonds is 36. The molecule has 0 N–H and O–H groups in total. The van der Waals surface area contributed by atoms with Gasteiger partial charge in [-0.15, -0.1) is 0 Å². The molecule has 66 heavy (non-hydrogen) atoms. The first-order valence-electron chi connectivity index (χ1n) is 22.4. The molecule has 0 atom stereocenters. The van der Waals surface area contributed by atoms with E-state index in [1.807, 2.05) is 0 Å². The standard InChI is InChI=1S/C42H72N6S18/c1-13-55-43(56-14-2)37(49)25-31-32(26-38(50)44(57-15-3)58-16-4)34(28-40(52)46(61-19-7)62-20-8)36(30-42(54)48(65-23-11)66-24-12)35(29-41(53)47(63-21-9)64-22-10)33(31)27-39(51)45(59-17-5)60-18-6/h13-30H2,1-12H3. The Labute approximate surface area is 486 Å². The van der Waals surface area contributed by atoms with Crippen LogP contribution in [0.15, 0.2) is 0 Å². The third-order valence-electron chi connectivity index (χ3n) is 8.33. The van der Waals surface area contributed by atoms with E-state index >= 15 is 0 Å². The van der Waals surface area contributed by atoms with Gasteiger partial charge in [-0.25, -0.2) is 0 Å². The fourth-order valence-electron chi connectivity index (χ4n) is 6.16. The summed E-state index contributed by atoms with van der Waals surface area (Å²) in [4.78, 5) is 5.27. The van der Waals surface area contributed by atoms with Crippen LogP contribution < -0.4 is 0 Å². The molecule has 0 aliphatic carbocycles. The lowest BCUT2D eigenvalue weighted by Crippen LogP contribution is -2.30. The minimum Gasteiger partial charge on any atom is -0.252 e. The Morgan fingerprint density at radius 1 is 0.227 bits per heavy atom. The summed E-state index contributed by atoms with van der Waals surface area (Å²) in [5, 5.41) is 0. The normalized spacial score (nSPS) is 11.1. The minimum absolute atomic E-state index is 0.553. The Bertz CT molecular complexity index is 1300. The minimum atomic E-state index is 0.553. The highest BCUT2D eigenvalue weighted by Crippen LogP contribution is 2.40. The molecule has 0 aliphatic rings. The number of hydrogen-bond donors (Lipinski definition) is 0. The summed E-state index contributed by atoms with van der Waals surface area (Å²) in [6.07, 6.45) is 3.32. The summed E-state index contributed by atoms with van der Waals surface area (Å²) in [5.41, 5.74) is 7.15. The van der Waals surface area contributed by atoms with Crippen LogP contribution in [-0.2, 0) is 38.5 Å². The van der Waals surface area contributed by atoms with Crippen molar-refractivity contribution < 1.29 is 0 Å². The monoisotopic (exact) mass is 1240 g/mol. The van der Waals surface area contributed by atoms with Crippen molar-refractivity contribution in [3.63, 3.8) is 0 Å². The molecule has 0 radical (unpaired) electrons. The van der Waals surface area contributed by atoms with Gasteiger partial charge in [0, 0.05) is 108 Å². The van der Waals surface area contributed by atoms with Crippen LogP contribution in [0, 0.1) is 0 Å². The summed E-state index contributed by atoms with van der Waals surface area (Å²) < 4.78 is 13.5. The first-order chi connectivity index (χ1) is 31.7. The molecule has 0 aromatic heterocycles. The van der Waals surface area contributed by atoms with E-state index in [4.69, 9.17) is 73.3 Å². The molecule has 0 heterocycles. The first kappa shape index (κ1) is 66.8. The second-order valence-corrected chi connectivity index (χ2v) is 31.5. The summed E-state index contributed by atoms with van der Waals surface area (Å²) in [6, 6.07) is 0. The number of benzene rings is 1. The topological polar surface area (TPSA) is 19.4 Å². The maximum atomic E-state index is 6.55. The number of hydrogen-bond acceptors (Lipinski definition) is 18. The molecule has 0 saturated heterocycles. The molecule has 1 aromatic rings. The molecule has 0 bridgehead atoms. The van der Waals surface area contributed by atoms with Gasteiger partial charge in [0.25, 0.3) is 0 Å². The quantitative estimate of drug-likeness (QED) is 0.0469. The molecule has 0 amide bonds. The highest BCUT2D eigenvalue weighted by molar-refractivity contribution is 8.16. The van der Waals surface area contributed by atoms with Crippen LogP contribution in [0.2, 0.25) is 0 Å². The van der Waals surface area contributed by atoms with Crippen molar-refractivity contribution in [1.29, 1.82) is 0 Å². The lowest BCUT2D eigenvalue weighted by Gasteiger charge is -2.33. The second-order valence-electron chi connectivity index (χ2n) is 12.9. The van der Waals surface area contributed by atoms with Crippen LogP contribution in [0.4, 0.5) is 0 Å². The van der Waals surface area contributed by atoms with E-state index in [1.165, 1.54) is 33.4 Å². The van der Waals surface area contributed by atoms with Crippen LogP contribution in [0.3, 0.4) is 0 Å². The van der Waals surface area contributed by atoms with Crippen LogP contribution in [0.25, 0.3) is 0 Å². The third kappa shape index (κ3) is 23.5. The van der Waals surface area contributed by atoms with Crippen molar-refractivity contribution >= 4 is 247 Å². The molecule has 1 aromatic carbocycles. The Hall–Kier alpha value is 2.76. The van der Waals surface area contributed by atoms with Crippen molar-refractivity contribution in [2.24, 2.45) is 0 Å². The third-order valence-corrected chi connectivity index (χ3v) is 24.0. The van der Waals surface area contributed by atoms with Crippen molar-refractivity contribution in [3.05, 3.63) is 33.4 Å². The predicted octanol–water partition coefficient (Wildman–Crippen LogP) is 16.7. The summed E-state index contributed by atoms with van der Waals surface area (Å²) in [5.74, 6) is 10.9. The zero-order valence-corrected chi connectivity index (χ0v) is 55.5. The Kier molecular flexibility index (Phi) is 40.6. The molecule has 0 fully saturated rings. The Balaban J connectivity index is 5.04. The van der Waals surface area contributed by atoms with Crippen LogP contribution >= 0.6 is 217 Å². The van der Waals surface area contributed by atoms with Gasteiger partial charge in [0.1, 0.15) is 29.9 Å². The largest absolute Gasteiger partial charge is 0.252 e. The van der Waals surface area contributed by atoms with Crippen LogP contribution in [0.5, 0.6) is 0 Å². The summed E-state index contributed by atoms with van der Waals surface area (Å²) in [7, 11) is 0. The molecule has 0 aliphatic heterocycles. The van der Waals surface area contributed by atoms with Gasteiger partial charge >= 0.3 is 0 Å². The van der Waals surface area contributed by atoms with E-state index < -0.39 is 0 Å². The second kappa shape index (κ2) is 40.1. The zero-order chi connectivity index (χ0) is 49.6. The molecule has 1 rings (SSSR count). The van der Waals surface area contributed by atoms with E-state index in [1.54, 1.807) is 143 Å². The molecule has 24 heteroatoms. The van der Waals surface area contributed by atoms with Gasteiger partial charge in [-0.2, -0.15) is 0 Å². The fraction of sp³-hybridized carbons (Fsp3) is 0.714. The highest BCUT2D eigenvalue weighted by Gasteiger charge is 2.32. The lowest BCUT2D eigenvalue weighted by atomic mass is 9.79. The van der Waals surface area contributed by atoms with Gasteiger partial charge in [-0.3, -0.25) is 22.3 Å². The van der Waals surface area contributed by atoms with Gasteiger partial charge in [-0.1, -0.05) is 156 Å². The van der Waals surface area contributed by atoms with Crippen LogP contribution in [-0.4, -0.2) is 121 Å². The molecular weight excluding hydrogens is 1170 g/mol. The highest BCUT2D eigenvalue weighted by atomic mass is 32.2. The average molecular weight is 1240 g/mol. The van der Waals surface area contributed by atoms with Crippen molar-refractivity contribution in [2.45, 2.75) is 122 Å². The molecular formula is C42H72N6S18. The van der Waals surface area contributed by atoms with Gasteiger partial charge < -0.3 is 0 Å².